The fourth-order valence-corrected chi connectivity index (χ4v) is 6.66. The van der Waals surface area contributed by atoms with Gasteiger partial charge in [-0.3, -0.25) is 34.7 Å². The number of aryl methyl sites for hydroxylation is 1. The fraction of sp³-hybridized carbons (Fsp3) is 0.476. The van der Waals surface area contributed by atoms with Crippen molar-refractivity contribution in [3.05, 3.63) is 113 Å². The van der Waals surface area contributed by atoms with Gasteiger partial charge in [0, 0.05) is 34.1 Å². The van der Waals surface area contributed by atoms with Gasteiger partial charge in [0.2, 0.25) is 0 Å². The quantitative estimate of drug-likeness (QED) is 0.0813. The maximum absolute atomic E-state index is 13.2. The summed E-state index contributed by atoms with van der Waals surface area (Å²) in [5, 5.41) is 34.8. The Morgan fingerprint density at radius 2 is 1.48 bits per heavy atom. The molecule has 0 bridgehead atoms. The summed E-state index contributed by atoms with van der Waals surface area (Å²) in [5.74, 6) is -0.107. The summed E-state index contributed by atoms with van der Waals surface area (Å²) < 4.78 is 5.81. The summed E-state index contributed by atoms with van der Waals surface area (Å²) in [7, 11) is 0. The van der Waals surface area contributed by atoms with Gasteiger partial charge in [-0.2, -0.15) is 0 Å². The molecule has 1 heterocycles. The molecule has 3 aromatic rings. The molecule has 0 aliphatic carbocycles. The van der Waals surface area contributed by atoms with E-state index in [0.29, 0.717) is 38.9 Å². The number of nitro groups is 2. The normalized spacial score (nSPS) is 12.6. The highest BCUT2D eigenvalue weighted by Crippen LogP contribution is 2.40. The number of unbranched alkanes of at least 4 members (excludes halogenated alkanes) is 5. The van der Waals surface area contributed by atoms with Gasteiger partial charge in [-0.05, 0) is 88.8 Å². The number of carbonyl (C=O) groups excluding carboxylic acids is 1. The molecule has 0 unspecified atom stereocenters. The highest BCUT2D eigenvalue weighted by molar-refractivity contribution is 6.34. The van der Waals surface area contributed by atoms with E-state index in [9.17, 15) is 29.8 Å². The molecular weight excluding hydrogens is 759 g/mol. The summed E-state index contributed by atoms with van der Waals surface area (Å²) in [6, 6.07) is 16.2. The number of halogens is 2. The van der Waals surface area contributed by atoms with Gasteiger partial charge in [0.05, 0.1) is 21.0 Å². The van der Waals surface area contributed by atoms with Crippen molar-refractivity contribution in [1.82, 2.24) is 4.90 Å². The predicted molar refractivity (Wildman–Crippen MR) is 224 cm³/mol. The van der Waals surface area contributed by atoms with Gasteiger partial charge in [0.1, 0.15) is 5.76 Å². The molecule has 0 saturated carbocycles. The third kappa shape index (κ3) is 13.5. The third-order valence-corrected chi connectivity index (χ3v) is 10.2. The Morgan fingerprint density at radius 1 is 0.911 bits per heavy atom. The van der Waals surface area contributed by atoms with Crippen LogP contribution in [0.15, 0.2) is 60.4 Å². The molecular formula is C42H56Cl2N4O8. The zero-order valence-electron chi connectivity index (χ0n) is 33.7. The van der Waals surface area contributed by atoms with E-state index in [2.05, 4.69) is 12.2 Å². The Kier molecular flexibility index (Phi) is 19.3. The standard InChI is InChI=1S/C20H19Cl2NO2.C13H19N3O4.C9H18O2/c1-13-18(14-7-5-4-6-8-14)19(24)23(12-25-13)20(2,3)15-9-16(21)11-17(22)10-15;1-5-10(6-2)14-12-11(15(17)18)7-8(3)9(4)13(12)16(19)20;1-2-3-4-5-6-7-8-9(10)11/h4-11H,12H2,1-3H3;7,10,14H,5-6H2,1-4H3;2-8H2,1H3,(H,10,11). The van der Waals surface area contributed by atoms with Gasteiger partial charge in [-0.15, -0.1) is 0 Å². The van der Waals surface area contributed by atoms with Crippen LogP contribution >= 0.6 is 23.2 Å². The average molecular weight is 816 g/mol. The summed E-state index contributed by atoms with van der Waals surface area (Å²) in [5.41, 5.74) is 2.20. The van der Waals surface area contributed by atoms with Gasteiger partial charge in [-0.25, -0.2) is 0 Å². The second-order valence-corrected chi connectivity index (χ2v) is 15.0. The topological polar surface area (TPSA) is 165 Å². The molecule has 0 aromatic heterocycles. The minimum Gasteiger partial charge on any atom is -0.481 e. The number of carbonyl (C=O) groups is 2. The lowest BCUT2D eigenvalue weighted by atomic mass is 9.90. The Morgan fingerprint density at radius 3 is 2.00 bits per heavy atom. The van der Waals surface area contributed by atoms with Crippen LogP contribution in [0, 0.1) is 34.1 Å². The SMILES string of the molecule is CC1=C(c2ccccc2)C(=O)N(C(C)(C)c2cc(Cl)cc(Cl)c2)CO1.CCC(CC)Nc1c([N+](=O)[O-])cc(C)c(C)c1[N+](=O)[O-].CCCCCCCCC(=O)O. The van der Waals surface area contributed by atoms with Gasteiger partial charge < -0.3 is 15.2 Å². The first-order valence-corrected chi connectivity index (χ1v) is 19.7. The number of benzene rings is 3. The highest BCUT2D eigenvalue weighted by atomic mass is 35.5. The fourth-order valence-electron chi connectivity index (χ4n) is 6.14. The minimum absolute atomic E-state index is 0.0109. The van der Waals surface area contributed by atoms with Gasteiger partial charge >= 0.3 is 11.7 Å². The van der Waals surface area contributed by atoms with E-state index in [-0.39, 0.29) is 35.7 Å². The number of anilines is 1. The van der Waals surface area contributed by atoms with Crippen LogP contribution in [-0.2, 0) is 19.9 Å². The first-order valence-electron chi connectivity index (χ1n) is 19.0. The number of aliphatic carboxylic acids is 1. The number of nitro benzene ring substituents is 2. The van der Waals surface area contributed by atoms with Crippen molar-refractivity contribution in [2.45, 2.75) is 125 Å². The first-order chi connectivity index (χ1) is 26.4. The number of rotatable bonds is 16. The molecule has 56 heavy (non-hydrogen) atoms. The molecule has 12 nitrogen and oxygen atoms in total. The second kappa shape index (κ2) is 22.8. The Bertz CT molecular complexity index is 1830. The Labute approximate surface area is 340 Å². The van der Waals surface area contributed by atoms with Crippen LogP contribution in [-0.4, -0.2) is 44.5 Å². The number of carboxylic acids is 1. The van der Waals surface area contributed by atoms with E-state index < -0.39 is 21.4 Å². The molecule has 14 heteroatoms. The number of hydrogen-bond acceptors (Lipinski definition) is 8. The van der Waals surface area contributed by atoms with Crippen LogP contribution in [0.1, 0.15) is 122 Å². The molecule has 4 rings (SSSR count). The van der Waals surface area contributed by atoms with E-state index >= 15 is 0 Å². The highest BCUT2D eigenvalue weighted by Gasteiger charge is 2.39. The number of amides is 1. The van der Waals surface area contributed by atoms with Crippen molar-refractivity contribution in [2.75, 3.05) is 12.0 Å². The molecule has 0 fully saturated rings. The molecule has 2 N–H and O–H groups in total. The first kappa shape index (κ1) is 47.5. The summed E-state index contributed by atoms with van der Waals surface area (Å²) in [4.78, 5) is 46.3. The zero-order valence-corrected chi connectivity index (χ0v) is 35.3. The molecule has 306 valence electrons. The molecule has 0 atom stereocenters. The molecule has 0 spiro atoms. The van der Waals surface area contributed by atoms with Crippen molar-refractivity contribution in [3.8, 4) is 0 Å². The van der Waals surface area contributed by atoms with Crippen LogP contribution in [0.3, 0.4) is 0 Å². The molecule has 0 saturated heterocycles. The van der Waals surface area contributed by atoms with Crippen molar-refractivity contribution >= 4 is 57.7 Å². The van der Waals surface area contributed by atoms with Crippen molar-refractivity contribution < 1.29 is 29.3 Å². The summed E-state index contributed by atoms with van der Waals surface area (Å²) >= 11 is 12.3. The third-order valence-electron chi connectivity index (χ3n) is 9.78. The number of hydrogen-bond donors (Lipinski definition) is 2. The maximum atomic E-state index is 13.2. The van der Waals surface area contributed by atoms with Crippen LogP contribution in [0.5, 0.6) is 0 Å². The van der Waals surface area contributed by atoms with E-state index in [4.69, 9.17) is 33.0 Å². The van der Waals surface area contributed by atoms with Crippen molar-refractivity contribution in [1.29, 1.82) is 0 Å². The maximum Gasteiger partial charge on any atom is 0.303 e. The van der Waals surface area contributed by atoms with Crippen molar-refractivity contribution in [2.24, 2.45) is 0 Å². The summed E-state index contributed by atoms with van der Waals surface area (Å²) in [6.45, 7) is 15.2. The van der Waals surface area contributed by atoms with Gasteiger partial charge in [-0.1, -0.05) is 106 Å². The van der Waals surface area contributed by atoms with Crippen LogP contribution in [0.25, 0.3) is 5.57 Å². The van der Waals surface area contributed by atoms with Crippen LogP contribution < -0.4 is 5.32 Å². The number of allylic oxidation sites excluding steroid dienone is 1. The predicted octanol–water partition coefficient (Wildman–Crippen LogP) is 12.0. The number of nitrogens with one attached hydrogen (secondary N) is 1. The Balaban J connectivity index is 0.000000313. The lowest BCUT2D eigenvalue weighted by molar-refractivity contribution is -0.392. The molecule has 3 aromatic carbocycles. The number of ether oxygens (including phenoxy) is 1. The largest absolute Gasteiger partial charge is 0.481 e. The molecule has 1 amide bonds. The smallest absolute Gasteiger partial charge is 0.303 e. The number of carboxylic acid groups (broad SMARTS) is 1. The van der Waals surface area contributed by atoms with E-state index in [1.807, 2.05) is 77.1 Å². The molecule has 1 aliphatic rings. The van der Waals surface area contributed by atoms with Gasteiger partial charge in [0.15, 0.2) is 12.4 Å². The monoisotopic (exact) mass is 814 g/mol. The van der Waals surface area contributed by atoms with E-state index in [0.717, 1.165) is 36.8 Å². The Hall–Kier alpha value is -4.68. The number of nitrogens with zero attached hydrogens (tertiary/aromatic N) is 3. The molecule has 1 aliphatic heterocycles. The van der Waals surface area contributed by atoms with Crippen LogP contribution in [0.4, 0.5) is 17.1 Å². The summed E-state index contributed by atoms with van der Waals surface area (Å²) in [6.07, 6.45) is 8.72. The minimum atomic E-state index is -0.666. The lowest BCUT2D eigenvalue weighted by Crippen LogP contribution is -2.49. The van der Waals surface area contributed by atoms with E-state index in [1.54, 1.807) is 24.8 Å². The molecule has 0 radical (unpaired) electrons. The average Bonchev–Trinajstić information content (AvgIpc) is 3.13. The lowest BCUT2D eigenvalue weighted by Gasteiger charge is -2.42. The van der Waals surface area contributed by atoms with Crippen LogP contribution in [0.2, 0.25) is 10.0 Å². The van der Waals surface area contributed by atoms with Gasteiger partial charge in [0.25, 0.3) is 11.6 Å². The second-order valence-electron chi connectivity index (χ2n) is 14.2. The van der Waals surface area contributed by atoms with Crippen molar-refractivity contribution in [3.63, 3.8) is 0 Å². The van der Waals surface area contributed by atoms with E-state index in [1.165, 1.54) is 31.7 Å². The zero-order chi connectivity index (χ0) is 42.2.